The molecule has 0 aliphatic heterocycles. The van der Waals surface area contributed by atoms with Gasteiger partial charge in [-0.2, -0.15) is 0 Å². The second kappa shape index (κ2) is 5.59. The van der Waals surface area contributed by atoms with Gasteiger partial charge in [0.15, 0.2) is 10.5 Å². The predicted molar refractivity (Wildman–Crippen MR) is 69.8 cm³/mol. The molecule has 84 valence electrons. The number of Topliss-reactive ketones (excluding diaryl/α,β-unsaturated/α-hetero) is 1. The van der Waals surface area contributed by atoms with Gasteiger partial charge < -0.3 is 4.57 Å². The van der Waals surface area contributed by atoms with Crippen LogP contribution in [0, 0.1) is 5.92 Å². The Bertz CT molecular complexity index is 374. The predicted octanol–water partition coefficient (Wildman–Crippen LogP) is 3.79. The molecular formula is C9H11Br3N2O. The number of halogens is 3. The zero-order valence-electron chi connectivity index (χ0n) is 8.43. The summed E-state index contributed by atoms with van der Waals surface area (Å²) < 4.78 is 3.92. The number of rotatable bonds is 4. The number of ketones is 1. The first-order valence-corrected chi connectivity index (χ1v) is 6.88. The number of hydrogen-bond acceptors (Lipinski definition) is 2. The third-order valence-corrected chi connectivity index (χ3v) is 4.28. The molecule has 0 aliphatic carbocycles. The van der Waals surface area contributed by atoms with E-state index in [4.69, 9.17) is 0 Å². The minimum absolute atomic E-state index is 0.205. The molecular weight excluding hydrogens is 392 g/mol. The normalized spacial score (nSPS) is 11.1. The van der Waals surface area contributed by atoms with Crippen LogP contribution in [-0.4, -0.2) is 15.3 Å². The van der Waals surface area contributed by atoms with Crippen LogP contribution in [0.15, 0.2) is 13.9 Å². The number of carbonyl (C=O) groups excluding carboxylic acids is 1. The van der Waals surface area contributed by atoms with E-state index in [1.807, 2.05) is 13.8 Å². The van der Waals surface area contributed by atoms with Gasteiger partial charge in [-0.15, -0.1) is 0 Å². The van der Waals surface area contributed by atoms with Crippen LogP contribution >= 0.6 is 47.8 Å². The molecule has 0 amide bonds. The third kappa shape index (κ3) is 3.67. The molecule has 1 heterocycles. The number of hydrogen-bond donors (Lipinski definition) is 0. The second-order valence-electron chi connectivity index (χ2n) is 3.69. The summed E-state index contributed by atoms with van der Waals surface area (Å²) in [5.41, 5.74) is 0. The number of carbonyl (C=O) groups is 1. The summed E-state index contributed by atoms with van der Waals surface area (Å²) in [6.45, 7) is 4.41. The summed E-state index contributed by atoms with van der Waals surface area (Å²) in [5.74, 6) is 0.596. The molecule has 0 bridgehead atoms. The van der Waals surface area contributed by atoms with Gasteiger partial charge in [-0.25, -0.2) is 4.98 Å². The van der Waals surface area contributed by atoms with Crippen molar-refractivity contribution in [1.29, 1.82) is 0 Å². The van der Waals surface area contributed by atoms with E-state index in [1.54, 1.807) is 4.57 Å². The first-order chi connectivity index (χ1) is 6.91. The molecule has 0 spiro atoms. The first-order valence-electron chi connectivity index (χ1n) is 4.50. The van der Waals surface area contributed by atoms with Crippen LogP contribution in [0.5, 0.6) is 0 Å². The van der Waals surface area contributed by atoms with Crippen molar-refractivity contribution >= 4 is 53.6 Å². The first kappa shape index (κ1) is 13.4. The maximum atomic E-state index is 11.6. The van der Waals surface area contributed by atoms with E-state index in [1.165, 1.54) is 0 Å². The molecule has 1 aromatic rings. The molecule has 6 heteroatoms. The molecule has 1 rings (SSSR count). The molecule has 0 aromatic carbocycles. The van der Waals surface area contributed by atoms with Crippen LogP contribution in [0.4, 0.5) is 0 Å². The van der Waals surface area contributed by atoms with Crippen molar-refractivity contribution in [3.8, 4) is 0 Å². The monoisotopic (exact) mass is 400 g/mol. The van der Waals surface area contributed by atoms with Gasteiger partial charge in [0.1, 0.15) is 9.21 Å². The number of nitrogens with zero attached hydrogens (tertiary/aromatic N) is 2. The molecule has 0 saturated carbocycles. The maximum Gasteiger partial charge on any atom is 0.179 e. The van der Waals surface area contributed by atoms with Gasteiger partial charge >= 0.3 is 0 Å². The molecule has 0 saturated heterocycles. The zero-order valence-corrected chi connectivity index (χ0v) is 13.2. The smallest absolute Gasteiger partial charge is 0.179 e. The summed E-state index contributed by atoms with van der Waals surface area (Å²) >= 11 is 9.96. The molecule has 0 atom stereocenters. The number of imidazole rings is 1. The van der Waals surface area contributed by atoms with E-state index in [9.17, 15) is 4.79 Å². The molecule has 0 unspecified atom stereocenters. The Kier molecular flexibility index (Phi) is 4.99. The van der Waals surface area contributed by atoms with Crippen LogP contribution in [0.2, 0.25) is 0 Å². The van der Waals surface area contributed by atoms with Crippen LogP contribution < -0.4 is 0 Å². The van der Waals surface area contributed by atoms with E-state index in [0.717, 1.165) is 4.60 Å². The third-order valence-electron chi connectivity index (χ3n) is 1.79. The zero-order chi connectivity index (χ0) is 11.6. The van der Waals surface area contributed by atoms with Crippen molar-refractivity contribution in [2.75, 3.05) is 0 Å². The van der Waals surface area contributed by atoms with Crippen molar-refractivity contribution in [3.05, 3.63) is 13.9 Å². The average molecular weight is 403 g/mol. The summed E-state index contributed by atoms with van der Waals surface area (Å²) in [6, 6.07) is 0. The van der Waals surface area contributed by atoms with Crippen molar-refractivity contribution in [3.63, 3.8) is 0 Å². The maximum absolute atomic E-state index is 11.6. The van der Waals surface area contributed by atoms with E-state index in [2.05, 4.69) is 52.8 Å². The van der Waals surface area contributed by atoms with Crippen LogP contribution in [0.1, 0.15) is 20.3 Å². The van der Waals surface area contributed by atoms with Gasteiger partial charge in [0.2, 0.25) is 0 Å². The fraction of sp³-hybridized carbons (Fsp3) is 0.556. The lowest BCUT2D eigenvalue weighted by atomic mass is 10.1. The van der Waals surface area contributed by atoms with Crippen molar-refractivity contribution in [2.45, 2.75) is 26.8 Å². The molecule has 15 heavy (non-hydrogen) atoms. The fourth-order valence-corrected chi connectivity index (χ4v) is 2.93. The molecule has 0 fully saturated rings. The topological polar surface area (TPSA) is 34.9 Å². The highest BCUT2D eigenvalue weighted by Crippen LogP contribution is 2.26. The molecule has 0 aliphatic rings. The standard InChI is InChI=1S/C9H11Br3N2O/c1-5(2)3-6(15)4-14-8(11)7(10)13-9(14)12/h5H,3-4H2,1-2H3. The largest absolute Gasteiger partial charge is 0.305 e. The summed E-state index contributed by atoms with van der Waals surface area (Å²) in [5, 5.41) is 0. The van der Waals surface area contributed by atoms with Gasteiger partial charge in [0.05, 0.1) is 6.54 Å². The van der Waals surface area contributed by atoms with Crippen molar-refractivity contribution in [1.82, 2.24) is 9.55 Å². The van der Waals surface area contributed by atoms with E-state index >= 15 is 0 Å². The van der Waals surface area contributed by atoms with E-state index < -0.39 is 0 Å². The minimum atomic E-state index is 0.205. The minimum Gasteiger partial charge on any atom is -0.305 e. The average Bonchev–Trinajstić information content (AvgIpc) is 2.31. The van der Waals surface area contributed by atoms with Crippen LogP contribution in [-0.2, 0) is 11.3 Å². The quantitative estimate of drug-likeness (QED) is 0.768. The molecule has 0 N–H and O–H groups in total. The molecule has 0 radical (unpaired) electrons. The highest BCUT2D eigenvalue weighted by Gasteiger charge is 2.14. The second-order valence-corrected chi connectivity index (χ2v) is 5.90. The Labute approximate surface area is 114 Å². The lowest BCUT2D eigenvalue weighted by molar-refractivity contribution is -0.120. The Hall–Kier alpha value is 0.320. The lowest BCUT2D eigenvalue weighted by Crippen LogP contribution is -2.12. The van der Waals surface area contributed by atoms with Crippen LogP contribution in [0.25, 0.3) is 0 Å². The Morgan fingerprint density at radius 1 is 1.40 bits per heavy atom. The SMILES string of the molecule is CC(C)CC(=O)Cn1c(Br)nc(Br)c1Br. The van der Waals surface area contributed by atoms with Gasteiger partial charge in [-0.1, -0.05) is 13.8 Å². The lowest BCUT2D eigenvalue weighted by Gasteiger charge is -2.06. The highest BCUT2D eigenvalue weighted by molar-refractivity contribution is 9.13. The highest BCUT2D eigenvalue weighted by atomic mass is 79.9. The van der Waals surface area contributed by atoms with E-state index in [-0.39, 0.29) is 5.78 Å². The Morgan fingerprint density at radius 3 is 2.40 bits per heavy atom. The van der Waals surface area contributed by atoms with E-state index in [0.29, 0.717) is 28.2 Å². The Balaban J connectivity index is 2.76. The van der Waals surface area contributed by atoms with Crippen molar-refractivity contribution < 1.29 is 4.79 Å². The van der Waals surface area contributed by atoms with Crippen molar-refractivity contribution in [2.24, 2.45) is 5.92 Å². The Morgan fingerprint density at radius 2 is 2.00 bits per heavy atom. The van der Waals surface area contributed by atoms with Gasteiger partial charge in [-0.05, 0) is 53.7 Å². The van der Waals surface area contributed by atoms with Gasteiger partial charge in [-0.3, -0.25) is 4.79 Å². The summed E-state index contributed by atoms with van der Waals surface area (Å²) in [6.07, 6.45) is 0.592. The summed E-state index contributed by atoms with van der Waals surface area (Å²) in [4.78, 5) is 15.8. The van der Waals surface area contributed by atoms with Gasteiger partial charge in [0.25, 0.3) is 0 Å². The molecule has 1 aromatic heterocycles. The number of aromatic nitrogens is 2. The molecule has 3 nitrogen and oxygen atoms in total. The van der Waals surface area contributed by atoms with Gasteiger partial charge in [0, 0.05) is 6.42 Å². The summed E-state index contributed by atoms with van der Waals surface area (Å²) in [7, 11) is 0. The fourth-order valence-electron chi connectivity index (χ4n) is 1.21. The van der Waals surface area contributed by atoms with Crippen LogP contribution in [0.3, 0.4) is 0 Å².